The van der Waals surface area contributed by atoms with Gasteiger partial charge in [-0.3, -0.25) is 4.79 Å². The molecule has 0 heterocycles. The lowest BCUT2D eigenvalue weighted by atomic mass is 9.81. The standard InChI is InChI=1S/C20H25NO4/c1-20(2,14-9-7-6-8-10-14)13-18(22)21-15-11-16(23-3)19(25-5)17(12-15)24-4/h6-12H,13H2,1-5H3,(H,21,22). The Morgan fingerprint density at radius 2 is 1.52 bits per heavy atom. The van der Waals surface area contributed by atoms with Gasteiger partial charge in [0.2, 0.25) is 11.7 Å². The van der Waals surface area contributed by atoms with E-state index in [4.69, 9.17) is 14.2 Å². The highest BCUT2D eigenvalue weighted by molar-refractivity contribution is 5.92. The fraction of sp³-hybridized carbons (Fsp3) is 0.350. The zero-order valence-corrected chi connectivity index (χ0v) is 15.4. The summed E-state index contributed by atoms with van der Waals surface area (Å²) in [5, 5.41) is 2.91. The number of carbonyl (C=O) groups excluding carboxylic acids is 1. The van der Waals surface area contributed by atoms with Gasteiger partial charge in [0.15, 0.2) is 11.5 Å². The zero-order valence-electron chi connectivity index (χ0n) is 15.4. The third kappa shape index (κ3) is 4.44. The number of benzene rings is 2. The quantitative estimate of drug-likeness (QED) is 0.825. The lowest BCUT2D eigenvalue weighted by Crippen LogP contribution is -2.25. The highest BCUT2D eigenvalue weighted by atomic mass is 16.5. The van der Waals surface area contributed by atoms with E-state index < -0.39 is 0 Å². The molecule has 2 aromatic carbocycles. The summed E-state index contributed by atoms with van der Waals surface area (Å²) in [6.07, 6.45) is 0.355. The number of nitrogens with one attached hydrogen (secondary N) is 1. The van der Waals surface area contributed by atoms with Crippen molar-refractivity contribution in [2.24, 2.45) is 0 Å². The van der Waals surface area contributed by atoms with Gasteiger partial charge in [-0.1, -0.05) is 44.2 Å². The van der Waals surface area contributed by atoms with Crippen molar-refractivity contribution < 1.29 is 19.0 Å². The molecule has 1 N–H and O–H groups in total. The van der Waals surface area contributed by atoms with Crippen molar-refractivity contribution in [3.8, 4) is 17.2 Å². The summed E-state index contributed by atoms with van der Waals surface area (Å²) in [6, 6.07) is 13.4. The van der Waals surface area contributed by atoms with Gasteiger partial charge in [-0.15, -0.1) is 0 Å². The minimum Gasteiger partial charge on any atom is -0.493 e. The van der Waals surface area contributed by atoms with Crippen LogP contribution >= 0.6 is 0 Å². The molecule has 0 aliphatic rings. The van der Waals surface area contributed by atoms with E-state index in [-0.39, 0.29) is 11.3 Å². The molecule has 0 aromatic heterocycles. The number of methoxy groups -OCH3 is 3. The summed E-state index contributed by atoms with van der Waals surface area (Å²) in [7, 11) is 4.63. The van der Waals surface area contributed by atoms with E-state index in [1.54, 1.807) is 33.5 Å². The molecule has 0 saturated carbocycles. The summed E-state index contributed by atoms with van der Waals surface area (Å²) in [4.78, 5) is 12.5. The van der Waals surface area contributed by atoms with Gasteiger partial charge in [0.05, 0.1) is 21.3 Å². The Morgan fingerprint density at radius 1 is 0.960 bits per heavy atom. The highest BCUT2D eigenvalue weighted by Crippen LogP contribution is 2.40. The first-order chi connectivity index (χ1) is 11.9. The molecule has 0 radical (unpaired) electrons. The van der Waals surface area contributed by atoms with Crippen molar-refractivity contribution in [3.63, 3.8) is 0 Å². The normalized spacial score (nSPS) is 10.9. The van der Waals surface area contributed by atoms with Gasteiger partial charge in [-0.25, -0.2) is 0 Å². The van der Waals surface area contributed by atoms with Crippen molar-refractivity contribution in [2.75, 3.05) is 26.6 Å². The monoisotopic (exact) mass is 343 g/mol. The molecule has 134 valence electrons. The van der Waals surface area contributed by atoms with E-state index in [9.17, 15) is 4.79 Å². The Hall–Kier alpha value is -2.69. The van der Waals surface area contributed by atoms with Crippen molar-refractivity contribution in [3.05, 3.63) is 48.0 Å². The fourth-order valence-corrected chi connectivity index (χ4v) is 2.75. The third-order valence-electron chi connectivity index (χ3n) is 4.11. The van der Waals surface area contributed by atoms with E-state index in [1.165, 1.54) is 0 Å². The fourth-order valence-electron chi connectivity index (χ4n) is 2.75. The van der Waals surface area contributed by atoms with E-state index in [0.29, 0.717) is 29.4 Å². The van der Waals surface area contributed by atoms with Crippen LogP contribution in [0.4, 0.5) is 5.69 Å². The molecule has 1 amide bonds. The van der Waals surface area contributed by atoms with Crippen LogP contribution in [0.5, 0.6) is 17.2 Å². The maximum Gasteiger partial charge on any atom is 0.225 e. The van der Waals surface area contributed by atoms with Gasteiger partial charge in [-0.2, -0.15) is 0 Å². The van der Waals surface area contributed by atoms with Gasteiger partial charge in [0.1, 0.15) is 0 Å². The Balaban J connectivity index is 2.18. The molecule has 25 heavy (non-hydrogen) atoms. The van der Waals surface area contributed by atoms with Crippen molar-refractivity contribution in [1.29, 1.82) is 0 Å². The van der Waals surface area contributed by atoms with Crippen LogP contribution in [0.1, 0.15) is 25.8 Å². The Labute approximate surface area is 148 Å². The molecule has 0 bridgehead atoms. The molecular formula is C20H25NO4. The first-order valence-electron chi connectivity index (χ1n) is 8.06. The molecule has 0 saturated heterocycles. The van der Waals surface area contributed by atoms with Gasteiger partial charge in [0.25, 0.3) is 0 Å². The van der Waals surface area contributed by atoms with Crippen LogP contribution in [0.25, 0.3) is 0 Å². The molecule has 0 aliphatic carbocycles. The number of rotatable bonds is 7. The summed E-state index contributed by atoms with van der Waals surface area (Å²) < 4.78 is 15.9. The Bertz CT molecular complexity index is 701. The molecule has 0 fully saturated rings. The zero-order chi connectivity index (χ0) is 18.4. The third-order valence-corrected chi connectivity index (χ3v) is 4.11. The lowest BCUT2D eigenvalue weighted by molar-refractivity contribution is -0.117. The average molecular weight is 343 g/mol. The van der Waals surface area contributed by atoms with Crippen LogP contribution in [0.2, 0.25) is 0 Å². The molecule has 0 unspecified atom stereocenters. The second-order valence-electron chi connectivity index (χ2n) is 6.39. The molecule has 0 spiro atoms. The maximum absolute atomic E-state index is 12.5. The maximum atomic E-state index is 12.5. The summed E-state index contributed by atoms with van der Waals surface area (Å²) >= 11 is 0. The van der Waals surface area contributed by atoms with Crippen molar-refractivity contribution in [2.45, 2.75) is 25.7 Å². The number of hydrogen-bond acceptors (Lipinski definition) is 4. The molecule has 0 aliphatic heterocycles. The van der Waals surface area contributed by atoms with E-state index >= 15 is 0 Å². The van der Waals surface area contributed by atoms with Crippen LogP contribution in [0, 0.1) is 0 Å². The molecular weight excluding hydrogens is 318 g/mol. The topological polar surface area (TPSA) is 56.8 Å². The van der Waals surface area contributed by atoms with Crippen LogP contribution in [0.3, 0.4) is 0 Å². The van der Waals surface area contributed by atoms with Crippen LogP contribution in [-0.4, -0.2) is 27.2 Å². The molecule has 5 nitrogen and oxygen atoms in total. The lowest BCUT2D eigenvalue weighted by Gasteiger charge is -2.24. The van der Waals surface area contributed by atoms with Crippen LogP contribution in [-0.2, 0) is 10.2 Å². The average Bonchev–Trinajstić information content (AvgIpc) is 2.60. The summed E-state index contributed by atoms with van der Waals surface area (Å²) in [5.74, 6) is 1.41. The smallest absolute Gasteiger partial charge is 0.225 e. The van der Waals surface area contributed by atoms with E-state index in [2.05, 4.69) is 19.2 Å². The Morgan fingerprint density at radius 3 is 2.00 bits per heavy atom. The largest absolute Gasteiger partial charge is 0.493 e. The minimum absolute atomic E-state index is 0.0804. The van der Waals surface area contributed by atoms with Gasteiger partial charge >= 0.3 is 0 Å². The highest BCUT2D eigenvalue weighted by Gasteiger charge is 2.24. The molecule has 5 heteroatoms. The second kappa shape index (κ2) is 7.92. The van der Waals surface area contributed by atoms with Gasteiger partial charge in [-0.05, 0) is 11.0 Å². The number of anilines is 1. The van der Waals surface area contributed by atoms with Crippen molar-refractivity contribution in [1.82, 2.24) is 0 Å². The summed E-state index contributed by atoms with van der Waals surface area (Å²) in [5.41, 5.74) is 1.45. The van der Waals surface area contributed by atoms with Crippen molar-refractivity contribution >= 4 is 11.6 Å². The van der Waals surface area contributed by atoms with E-state index in [0.717, 1.165) is 5.56 Å². The van der Waals surface area contributed by atoms with Gasteiger partial charge < -0.3 is 19.5 Å². The summed E-state index contributed by atoms with van der Waals surface area (Å²) in [6.45, 7) is 4.11. The Kier molecular flexibility index (Phi) is 5.91. The predicted molar refractivity (Wildman–Crippen MR) is 98.8 cm³/mol. The first kappa shape index (κ1) is 18.6. The molecule has 0 atom stereocenters. The first-order valence-corrected chi connectivity index (χ1v) is 8.06. The number of amides is 1. The molecule has 2 aromatic rings. The van der Waals surface area contributed by atoms with E-state index in [1.807, 2.05) is 30.3 Å². The second-order valence-corrected chi connectivity index (χ2v) is 6.39. The van der Waals surface area contributed by atoms with Gasteiger partial charge in [0, 0.05) is 24.2 Å². The number of carbonyl (C=O) groups is 1. The molecule has 2 rings (SSSR count). The number of ether oxygens (including phenoxy) is 3. The minimum atomic E-state index is -0.272. The number of hydrogen-bond donors (Lipinski definition) is 1. The predicted octanol–water partition coefficient (Wildman–Crippen LogP) is 4.02. The van der Waals surface area contributed by atoms with Crippen LogP contribution < -0.4 is 19.5 Å². The SMILES string of the molecule is COc1cc(NC(=O)CC(C)(C)c2ccccc2)cc(OC)c1OC. The van der Waals surface area contributed by atoms with Crippen LogP contribution in [0.15, 0.2) is 42.5 Å².